The van der Waals surface area contributed by atoms with Gasteiger partial charge in [-0.1, -0.05) is 17.7 Å². The number of alkyl halides is 6. The molecule has 184 valence electrons. The van der Waals surface area contributed by atoms with Crippen molar-refractivity contribution in [2.45, 2.75) is 17.9 Å². The Labute approximate surface area is 196 Å². The first-order valence-electron chi connectivity index (χ1n) is 9.66. The number of hydrogen-bond acceptors (Lipinski definition) is 4. The molecule has 0 atom stereocenters. The fourth-order valence-corrected chi connectivity index (χ4v) is 3.87. The van der Waals surface area contributed by atoms with Gasteiger partial charge < -0.3 is 4.74 Å². The molecule has 0 saturated heterocycles. The second kappa shape index (κ2) is 8.18. The summed E-state index contributed by atoms with van der Waals surface area (Å²) in [6.07, 6.45) is -12.1. The Hall–Kier alpha value is -3.74. The number of methoxy groups -OCH3 is 1. The maximum Gasteiger partial charge on any atom is 0.446 e. The molecule has 14 heteroatoms. The first kappa shape index (κ1) is 24.4. The fraction of sp³-hybridized carbons (Fsp3) is 0.190. The van der Waals surface area contributed by atoms with Crippen LogP contribution in [0.25, 0.3) is 5.69 Å². The largest absolute Gasteiger partial charge is 0.497 e. The molecule has 1 aliphatic heterocycles. The molecular weight excluding hydrogens is 506 g/mol. The summed E-state index contributed by atoms with van der Waals surface area (Å²) in [5.41, 5.74) is -10.1. The monoisotopic (exact) mass is 519 g/mol. The lowest BCUT2D eigenvalue weighted by Crippen LogP contribution is -2.97. The lowest BCUT2D eigenvalue weighted by molar-refractivity contribution is -0.658. The van der Waals surface area contributed by atoms with Crippen LogP contribution < -0.4 is 26.3 Å². The summed E-state index contributed by atoms with van der Waals surface area (Å²) in [6, 6.07) is 10.1. The molecule has 1 aromatic heterocycles. The van der Waals surface area contributed by atoms with E-state index >= 15 is 0 Å². The van der Waals surface area contributed by atoms with Crippen LogP contribution >= 0.6 is 11.6 Å². The normalized spacial score (nSPS) is 15.1. The second-order valence-electron chi connectivity index (χ2n) is 7.40. The van der Waals surface area contributed by atoms with Gasteiger partial charge in [0.1, 0.15) is 11.3 Å². The van der Waals surface area contributed by atoms with Crippen LogP contribution in [-0.2, 0) is 5.54 Å². The van der Waals surface area contributed by atoms with Crippen LogP contribution in [0.5, 0.6) is 5.75 Å². The Kier molecular flexibility index (Phi) is 5.70. The summed E-state index contributed by atoms with van der Waals surface area (Å²) in [7, 11) is 1.26. The van der Waals surface area contributed by atoms with E-state index in [1.54, 1.807) is 4.98 Å². The first-order valence-corrected chi connectivity index (χ1v) is 10.0. The zero-order valence-electron chi connectivity index (χ0n) is 17.4. The van der Waals surface area contributed by atoms with Crippen molar-refractivity contribution in [2.24, 2.45) is 0 Å². The molecule has 2 heterocycles. The third kappa shape index (κ3) is 3.85. The lowest BCUT2D eigenvalue weighted by Gasteiger charge is -2.35. The summed E-state index contributed by atoms with van der Waals surface area (Å²) in [5, 5.41) is 2.58. The van der Waals surface area contributed by atoms with Gasteiger partial charge in [-0.05, 0) is 42.5 Å². The Balaban J connectivity index is 2.16. The third-order valence-electron chi connectivity index (χ3n) is 5.34. The molecule has 0 fully saturated rings. The van der Waals surface area contributed by atoms with Crippen LogP contribution in [0.1, 0.15) is 11.1 Å². The van der Waals surface area contributed by atoms with Gasteiger partial charge in [0.2, 0.25) is 5.82 Å². The Morgan fingerprint density at radius 1 is 1.00 bits per heavy atom. The minimum atomic E-state index is -6.07. The van der Waals surface area contributed by atoms with Crippen LogP contribution in [0.4, 0.5) is 32.2 Å². The fourth-order valence-electron chi connectivity index (χ4n) is 3.75. The van der Waals surface area contributed by atoms with E-state index in [2.05, 4.69) is 5.32 Å². The van der Waals surface area contributed by atoms with Crippen LogP contribution in [0.15, 0.2) is 58.1 Å². The van der Waals surface area contributed by atoms with Crippen molar-refractivity contribution in [1.82, 2.24) is 9.55 Å². The van der Waals surface area contributed by atoms with Gasteiger partial charge in [0.25, 0.3) is 11.4 Å². The number of rotatable bonds is 3. The Morgan fingerprint density at radius 3 is 2.20 bits per heavy atom. The van der Waals surface area contributed by atoms with E-state index in [4.69, 9.17) is 16.3 Å². The molecule has 0 spiro atoms. The van der Waals surface area contributed by atoms with Gasteiger partial charge in [0, 0.05) is 5.02 Å². The van der Waals surface area contributed by atoms with Crippen molar-refractivity contribution in [3.63, 3.8) is 0 Å². The summed E-state index contributed by atoms with van der Waals surface area (Å²) in [6.45, 7) is 0. The first-order chi connectivity index (χ1) is 16.3. The van der Waals surface area contributed by atoms with E-state index < -0.39 is 46.4 Å². The van der Waals surface area contributed by atoms with Crippen LogP contribution in [-0.4, -0.2) is 34.8 Å². The summed E-state index contributed by atoms with van der Waals surface area (Å²) in [5.74, 6) is -1.65. The van der Waals surface area contributed by atoms with E-state index in [-0.39, 0.29) is 22.0 Å². The van der Waals surface area contributed by atoms with E-state index in [0.29, 0.717) is 4.57 Å². The van der Waals surface area contributed by atoms with Gasteiger partial charge in [0.15, 0.2) is 0 Å². The molecule has 3 aromatic rings. The minimum absolute atomic E-state index is 0.134. The highest BCUT2D eigenvalue weighted by Crippen LogP contribution is 2.48. The van der Waals surface area contributed by atoms with Crippen LogP contribution in [0.2, 0.25) is 5.02 Å². The van der Waals surface area contributed by atoms with Crippen molar-refractivity contribution < 1.29 is 36.1 Å². The molecule has 0 saturated carbocycles. The van der Waals surface area contributed by atoms with E-state index in [0.717, 1.165) is 0 Å². The quantitative estimate of drug-likeness (QED) is 0.464. The minimum Gasteiger partial charge on any atom is -0.497 e. The average Bonchev–Trinajstić information content (AvgIpc) is 2.78. The number of amidine groups is 1. The molecule has 0 radical (unpaired) electrons. The molecule has 0 amide bonds. The molecule has 4 rings (SSSR count). The number of halogens is 7. The number of ether oxygens (including phenoxy) is 1. The molecule has 3 N–H and O–H groups in total. The van der Waals surface area contributed by atoms with Crippen molar-refractivity contribution >= 4 is 23.3 Å². The number of hydrogen-bond donors (Lipinski definition) is 3. The Bertz CT molecular complexity index is 1430. The number of benzene rings is 2. The zero-order valence-corrected chi connectivity index (χ0v) is 18.2. The van der Waals surface area contributed by atoms with Gasteiger partial charge in [0.05, 0.1) is 18.4 Å². The Morgan fingerprint density at radius 2 is 1.63 bits per heavy atom. The number of H-pyrrole nitrogens is 1. The van der Waals surface area contributed by atoms with Crippen molar-refractivity contribution in [3.8, 4) is 11.4 Å². The number of fused-ring (bicyclic) bond motifs is 1. The third-order valence-corrected chi connectivity index (χ3v) is 5.59. The number of aromatic nitrogens is 2. The van der Waals surface area contributed by atoms with Gasteiger partial charge in [-0.15, -0.1) is 0 Å². The van der Waals surface area contributed by atoms with Crippen LogP contribution in [0, 0.1) is 0 Å². The highest BCUT2D eigenvalue weighted by atomic mass is 35.5. The lowest BCUT2D eigenvalue weighted by atomic mass is 9.87. The predicted octanol–water partition coefficient (Wildman–Crippen LogP) is 2.46. The highest BCUT2D eigenvalue weighted by molar-refractivity contribution is 6.30. The number of aromatic amines is 1. The SMILES string of the molecule is COc1cccc(C2=[NH+]C(C(F)(F)F)(C(F)(F)F)c3c(n(-c4ccc(Cl)cc4)c(=O)[nH]c3=O)N2)c1. The molecular formula is C21H14ClF6N4O3+. The summed E-state index contributed by atoms with van der Waals surface area (Å²) >= 11 is 5.82. The zero-order chi connectivity index (χ0) is 25.8. The summed E-state index contributed by atoms with van der Waals surface area (Å²) < 4.78 is 91.7. The molecule has 35 heavy (non-hydrogen) atoms. The van der Waals surface area contributed by atoms with Gasteiger partial charge in [-0.2, -0.15) is 26.3 Å². The average molecular weight is 520 g/mol. The topological polar surface area (TPSA) is 90.1 Å². The number of anilines is 1. The van der Waals surface area contributed by atoms with Gasteiger partial charge in [-0.3, -0.25) is 9.78 Å². The number of nitrogens with zero attached hydrogens (tertiary/aromatic N) is 1. The van der Waals surface area contributed by atoms with Gasteiger partial charge in [-0.25, -0.2) is 19.7 Å². The predicted molar refractivity (Wildman–Crippen MR) is 113 cm³/mol. The maximum atomic E-state index is 14.4. The van der Waals surface area contributed by atoms with E-state index in [1.807, 2.05) is 0 Å². The number of nitrogens with one attached hydrogen (secondary N) is 3. The van der Waals surface area contributed by atoms with Crippen molar-refractivity contribution in [3.05, 3.63) is 85.5 Å². The molecule has 0 aliphatic carbocycles. The molecule has 7 nitrogen and oxygen atoms in total. The van der Waals surface area contributed by atoms with Gasteiger partial charge >= 0.3 is 23.6 Å². The van der Waals surface area contributed by atoms with Crippen molar-refractivity contribution in [2.75, 3.05) is 12.4 Å². The van der Waals surface area contributed by atoms with Crippen LogP contribution in [0.3, 0.4) is 0 Å². The molecule has 0 unspecified atom stereocenters. The highest BCUT2D eigenvalue weighted by Gasteiger charge is 2.78. The van der Waals surface area contributed by atoms with E-state index in [9.17, 15) is 35.9 Å². The standard InChI is InChI=1S/C21H13ClF6N4O3/c1-35-13-4-2-3-10(9-13)15-29-16-14(19(31-15,20(23,24)25)21(26,27)28)17(33)30-18(34)32(16)12-7-5-11(22)6-8-12/h2-9H,1H3,(H,29,31)(H,30,33,34)/p+1. The van der Waals surface area contributed by atoms with E-state index in [1.165, 1.54) is 60.6 Å². The molecule has 2 aromatic carbocycles. The maximum absolute atomic E-state index is 14.4. The molecule has 0 bridgehead atoms. The second-order valence-corrected chi connectivity index (χ2v) is 7.83. The summed E-state index contributed by atoms with van der Waals surface area (Å²) in [4.78, 5) is 28.3. The van der Waals surface area contributed by atoms with Crippen molar-refractivity contribution in [1.29, 1.82) is 0 Å². The smallest absolute Gasteiger partial charge is 0.446 e. The molecule has 1 aliphatic rings.